The number of benzene rings is 8. The first-order chi connectivity index (χ1) is 26.2. The van der Waals surface area contributed by atoms with Crippen molar-refractivity contribution in [2.75, 3.05) is 4.90 Å². The summed E-state index contributed by atoms with van der Waals surface area (Å²) in [5, 5.41) is 7.81. The maximum absolute atomic E-state index is 3.65. The van der Waals surface area contributed by atoms with Gasteiger partial charge in [-0.1, -0.05) is 109 Å². The lowest BCUT2D eigenvalue weighted by Gasteiger charge is -2.26. The van der Waals surface area contributed by atoms with E-state index in [0.29, 0.717) is 0 Å². The molecule has 0 unspecified atom stereocenters. The van der Waals surface area contributed by atoms with Gasteiger partial charge in [-0.25, -0.2) is 0 Å². The molecule has 0 bridgehead atoms. The summed E-state index contributed by atoms with van der Waals surface area (Å²) in [4.78, 5) is 5.98. The molecule has 8 aromatic carbocycles. The number of para-hydroxylation sites is 5. The van der Waals surface area contributed by atoms with Crippen molar-refractivity contribution in [1.82, 2.24) is 9.55 Å². The number of H-pyrrole nitrogens is 1. The van der Waals surface area contributed by atoms with Crippen molar-refractivity contribution in [2.24, 2.45) is 0 Å². The summed E-state index contributed by atoms with van der Waals surface area (Å²) >= 11 is 1.87. The first-order valence-electron chi connectivity index (χ1n) is 18.0. The van der Waals surface area contributed by atoms with Crippen LogP contribution < -0.4 is 4.90 Å². The molecule has 0 saturated heterocycles. The Labute approximate surface area is 311 Å². The summed E-state index contributed by atoms with van der Waals surface area (Å²) in [7, 11) is 0. The summed E-state index contributed by atoms with van der Waals surface area (Å²) in [6.07, 6.45) is 0. The monoisotopic (exact) mass is 697 g/mol. The topological polar surface area (TPSA) is 24.0 Å². The van der Waals surface area contributed by atoms with Gasteiger partial charge in [-0.3, -0.25) is 0 Å². The Kier molecular flexibility index (Phi) is 7.55. The number of anilines is 3. The number of hydrogen-bond acceptors (Lipinski definition) is 2. The zero-order valence-electron chi connectivity index (χ0n) is 29.2. The fourth-order valence-electron chi connectivity index (χ4n) is 7.88. The molecule has 3 nitrogen and oxygen atoms in total. The van der Waals surface area contributed by atoms with Crippen molar-refractivity contribution < 1.29 is 0 Å². The number of rotatable bonds is 4. The second-order valence-corrected chi connectivity index (χ2v) is 14.6. The van der Waals surface area contributed by atoms with Gasteiger partial charge in [-0.05, 0) is 91.3 Å². The first-order valence-corrected chi connectivity index (χ1v) is 18.8. The zero-order chi connectivity index (χ0) is 35.3. The van der Waals surface area contributed by atoms with E-state index < -0.39 is 0 Å². The first kappa shape index (κ1) is 31.1. The van der Waals surface area contributed by atoms with E-state index in [1.807, 2.05) is 11.3 Å². The second-order valence-electron chi connectivity index (χ2n) is 13.5. The van der Waals surface area contributed by atoms with Gasteiger partial charge in [-0.2, -0.15) is 0 Å². The third-order valence-electron chi connectivity index (χ3n) is 10.2. The number of hydrogen-bond donors (Lipinski definition) is 1. The van der Waals surface area contributed by atoms with Crippen molar-refractivity contribution >= 4 is 92.2 Å². The van der Waals surface area contributed by atoms with Crippen LogP contribution in [0.1, 0.15) is 5.56 Å². The Morgan fingerprint density at radius 1 is 0.453 bits per heavy atom. The molecule has 0 atom stereocenters. The van der Waals surface area contributed by atoms with Crippen LogP contribution >= 0.6 is 11.3 Å². The van der Waals surface area contributed by atoms with Crippen LogP contribution in [0.3, 0.4) is 0 Å². The smallest absolute Gasteiger partial charge is 0.0710 e. The second kappa shape index (κ2) is 12.9. The predicted octanol–water partition coefficient (Wildman–Crippen LogP) is 14.3. The van der Waals surface area contributed by atoms with Crippen LogP contribution in [0.5, 0.6) is 0 Å². The van der Waals surface area contributed by atoms with Gasteiger partial charge in [0.15, 0.2) is 0 Å². The summed E-state index contributed by atoms with van der Waals surface area (Å²) in [5.74, 6) is 0. The third kappa shape index (κ3) is 5.35. The van der Waals surface area contributed by atoms with Crippen molar-refractivity contribution in [3.63, 3.8) is 0 Å². The van der Waals surface area contributed by atoms with Crippen LogP contribution in [0.4, 0.5) is 17.1 Å². The minimum absolute atomic E-state index is 1.15. The van der Waals surface area contributed by atoms with Crippen molar-refractivity contribution in [2.45, 2.75) is 6.92 Å². The molecule has 0 aliphatic rings. The fourth-order valence-corrected chi connectivity index (χ4v) is 8.97. The highest BCUT2D eigenvalue weighted by atomic mass is 32.1. The molecule has 0 spiro atoms. The molecule has 11 aromatic rings. The van der Waals surface area contributed by atoms with Crippen LogP contribution in [0.15, 0.2) is 188 Å². The van der Waals surface area contributed by atoms with Gasteiger partial charge in [-0.15, -0.1) is 11.3 Å². The molecule has 53 heavy (non-hydrogen) atoms. The standard InChI is InChI=1S/C25H20N2.C24H15NS/c1-18-16-22-21-14-8-9-15-23(21)26-25(22)24(17-18)27(19-10-4-2-5-11-19)20-12-6-3-7-13-20;1-4-10-21-17(7-1)18-8-2-5-11-22(18)25(21)16-13-14-24-20(15-16)19-9-3-6-12-23(19)26-24/h2-17,26H,1H3;1-15H. The number of nitrogens with zero attached hydrogens (tertiary/aromatic N) is 2. The van der Waals surface area contributed by atoms with Gasteiger partial charge in [0.25, 0.3) is 0 Å². The van der Waals surface area contributed by atoms with Crippen LogP contribution in [0.25, 0.3) is 69.5 Å². The summed E-state index contributed by atoms with van der Waals surface area (Å²) < 4.78 is 5.08. The van der Waals surface area contributed by atoms with Crippen molar-refractivity contribution in [1.29, 1.82) is 0 Å². The molecule has 11 rings (SSSR count). The lowest BCUT2D eigenvalue weighted by Crippen LogP contribution is -2.10. The number of fused-ring (bicyclic) bond motifs is 9. The molecule has 1 N–H and O–H groups in total. The van der Waals surface area contributed by atoms with Gasteiger partial charge in [0.2, 0.25) is 0 Å². The van der Waals surface area contributed by atoms with E-state index in [-0.39, 0.29) is 0 Å². The van der Waals surface area contributed by atoms with Gasteiger partial charge < -0.3 is 14.5 Å². The fraction of sp³-hybridized carbons (Fsp3) is 0.0204. The van der Waals surface area contributed by atoms with Gasteiger partial charge in [0.1, 0.15) is 0 Å². The molecule has 0 aliphatic heterocycles. The molecule has 4 heteroatoms. The Morgan fingerprint density at radius 3 is 1.68 bits per heavy atom. The van der Waals surface area contributed by atoms with Crippen LogP contribution in [0.2, 0.25) is 0 Å². The van der Waals surface area contributed by atoms with E-state index in [1.165, 1.54) is 75.2 Å². The van der Waals surface area contributed by atoms with Crippen molar-refractivity contribution in [3.8, 4) is 5.69 Å². The highest BCUT2D eigenvalue weighted by Crippen LogP contribution is 2.41. The van der Waals surface area contributed by atoms with Gasteiger partial charge in [0, 0.05) is 64.3 Å². The molecule has 0 radical (unpaired) electrons. The molecule has 0 amide bonds. The molecule has 252 valence electrons. The maximum Gasteiger partial charge on any atom is 0.0710 e. The molecule has 0 fully saturated rings. The minimum atomic E-state index is 1.15. The van der Waals surface area contributed by atoms with E-state index in [9.17, 15) is 0 Å². The average molecular weight is 698 g/mol. The average Bonchev–Trinajstić information content (AvgIpc) is 3.89. The number of aromatic amines is 1. The van der Waals surface area contributed by atoms with E-state index in [2.05, 4.69) is 209 Å². The molecule has 3 heterocycles. The zero-order valence-corrected chi connectivity index (χ0v) is 30.0. The van der Waals surface area contributed by atoms with E-state index in [4.69, 9.17) is 0 Å². The number of aromatic nitrogens is 2. The number of aryl methyl sites for hydroxylation is 1. The lowest BCUT2D eigenvalue weighted by molar-refractivity contribution is 1.19. The molecule has 3 aromatic heterocycles. The number of nitrogens with one attached hydrogen (secondary N) is 1. The van der Waals surface area contributed by atoms with E-state index in [1.54, 1.807) is 0 Å². The third-order valence-corrected chi connectivity index (χ3v) is 11.4. The predicted molar refractivity (Wildman–Crippen MR) is 229 cm³/mol. The normalized spacial score (nSPS) is 11.5. The number of thiophene rings is 1. The van der Waals surface area contributed by atoms with E-state index >= 15 is 0 Å². The molecular formula is C49H35N3S. The lowest BCUT2D eigenvalue weighted by atomic mass is 10.1. The molecule has 0 saturated carbocycles. The quantitative estimate of drug-likeness (QED) is 0.194. The SMILES string of the molecule is Cc1cc(N(c2ccccc2)c2ccccc2)c2[nH]c3ccccc3c2c1.c1ccc2c(c1)sc1ccc(-n3c4ccccc4c4ccccc43)cc12. The highest BCUT2D eigenvalue weighted by Gasteiger charge is 2.18. The Hall–Kier alpha value is -6.62. The Morgan fingerprint density at radius 2 is 1.00 bits per heavy atom. The Bertz CT molecular complexity index is 2990. The molecule has 0 aliphatic carbocycles. The highest BCUT2D eigenvalue weighted by molar-refractivity contribution is 7.25. The summed E-state index contributed by atoms with van der Waals surface area (Å²) in [6.45, 7) is 2.17. The van der Waals surface area contributed by atoms with Gasteiger partial charge in [0.05, 0.1) is 22.2 Å². The van der Waals surface area contributed by atoms with Crippen LogP contribution in [0, 0.1) is 6.92 Å². The largest absolute Gasteiger partial charge is 0.353 e. The van der Waals surface area contributed by atoms with Crippen LogP contribution in [-0.4, -0.2) is 9.55 Å². The van der Waals surface area contributed by atoms with Crippen LogP contribution in [-0.2, 0) is 0 Å². The van der Waals surface area contributed by atoms with Gasteiger partial charge >= 0.3 is 0 Å². The summed E-state index contributed by atoms with van der Waals surface area (Å²) in [5.41, 5.74) is 10.8. The Balaban J connectivity index is 0.000000132. The van der Waals surface area contributed by atoms with E-state index in [0.717, 1.165) is 16.9 Å². The minimum Gasteiger partial charge on any atom is -0.353 e. The van der Waals surface area contributed by atoms with Crippen molar-refractivity contribution in [3.05, 3.63) is 194 Å². The summed E-state index contributed by atoms with van der Waals surface area (Å²) in [6, 6.07) is 67.0. The molecular weight excluding hydrogens is 663 g/mol. The maximum atomic E-state index is 3.65.